The van der Waals surface area contributed by atoms with Crippen LogP contribution in [0.5, 0.6) is 5.75 Å². The molecule has 1 aromatic carbocycles. The molecule has 0 saturated carbocycles. The van der Waals surface area contributed by atoms with Crippen LogP contribution in [0.3, 0.4) is 0 Å². The van der Waals surface area contributed by atoms with E-state index in [1.807, 2.05) is 0 Å². The van der Waals surface area contributed by atoms with E-state index < -0.39 is 40.9 Å². The minimum Gasteiger partial charge on any atom is -0.508 e. The quantitative estimate of drug-likeness (QED) is 0.282. The molecular weight excluding hydrogens is 308 g/mol. The molecule has 1 fully saturated rings. The summed E-state index contributed by atoms with van der Waals surface area (Å²) in [4.78, 5) is 34.4. The van der Waals surface area contributed by atoms with E-state index in [1.54, 1.807) is 0 Å². The largest absolute Gasteiger partial charge is 0.508 e. The molecule has 0 aromatic heterocycles. The maximum atomic E-state index is 12.0. The summed E-state index contributed by atoms with van der Waals surface area (Å²) in [6.07, 6.45) is -0.765. The molecule has 4 N–H and O–H groups in total. The lowest BCUT2D eigenvalue weighted by atomic mass is 9.96. The number of carbonyl (C=O) groups excluding carboxylic acids is 2. The van der Waals surface area contributed by atoms with Crippen molar-refractivity contribution >= 4 is 17.7 Å². The van der Waals surface area contributed by atoms with Gasteiger partial charge in [0, 0.05) is 6.08 Å². The van der Waals surface area contributed by atoms with Crippen molar-refractivity contribution in [1.29, 1.82) is 0 Å². The van der Waals surface area contributed by atoms with Crippen molar-refractivity contribution in [2.45, 2.75) is 12.5 Å². The first-order valence-corrected chi connectivity index (χ1v) is 6.40. The Bertz CT molecular complexity index is 706. The van der Waals surface area contributed by atoms with E-state index in [-0.39, 0.29) is 12.2 Å². The van der Waals surface area contributed by atoms with E-state index in [4.69, 9.17) is 14.9 Å². The second-order valence-corrected chi connectivity index (χ2v) is 4.71. The lowest BCUT2D eigenvalue weighted by Crippen LogP contribution is -2.28. The van der Waals surface area contributed by atoms with Crippen molar-refractivity contribution in [2.24, 2.45) is 0 Å². The van der Waals surface area contributed by atoms with Crippen LogP contribution in [-0.2, 0) is 19.1 Å². The lowest BCUT2D eigenvalue weighted by molar-refractivity contribution is -0.151. The number of aromatic hydroxyl groups is 1. The molecule has 23 heavy (non-hydrogen) atoms. The van der Waals surface area contributed by atoms with Gasteiger partial charge in [-0.05, 0) is 17.7 Å². The fraction of sp³-hybridized carbons (Fsp3) is 0.133. The molecule has 0 radical (unpaired) electrons. The SMILES string of the molecule is O=C(O)/C(O)=C\C(O)=C1\C(=O)CC(c2ccc(O)cc2)OC1=O. The first kappa shape index (κ1) is 16.1. The number of ketones is 1. The fourth-order valence-electron chi connectivity index (χ4n) is 2.00. The van der Waals surface area contributed by atoms with Crippen molar-refractivity contribution in [3.63, 3.8) is 0 Å². The van der Waals surface area contributed by atoms with Gasteiger partial charge in [0.25, 0.3) is 0 Å². The number of carbonyl (C=O) groups is 3. The van der Waals surface area contributed by atoms with Crippen LogP contribution in [0, 0.1) is 0 Å². The van der Waals surface area contributed by atoms with Gasteiger partial charge in [0.05, 0.1) is 6.42 Å². The Labute approximate surface area is 129 Å². The molecule has 1 aromatic rings. The predicted octanol–water partition coefficient (Wildman–Crippen LogP) is 1.29. The number of cyclic esters (lactones) is 1. The number of allylic oxidation sites excluding steroid dienone is 1. The van der Waals surface area contributed by atoms with Crippen LogP contribution < -0.4 is 0 Å². The third kappa shape index (κ3) is 3.49. The molecule has 1 atom stereocenters. The minimum atomic E-state index is -1.73. The minimum absolute atomic E-state index is 0.00900. The Kier molecular flexibility index (Phi) is 4.35. The lowest BCUT2D eigenvalue weighted by Gasteiger charge is -2.23. The maximum absolute atomic E-state index is 12.0. The highest BCUT2D eigenvalue weighted by Crippen LogP contribution is 2.31. The highest BCUT2D eigenvalue weighted by Gasteiger charge is 2.35. The Morgan fingerprint density at radius 3 is 2.26 bits per heavy atom. The number of rotatable bonds is 3. The molecule has 0 bridgehead atoms. The number of esters is 1. The monoisotopic (exact) mass is 320 g/mol. The third-order valence-corrected chi connectivity index (χ3v) is 3.12. The average molecular weight is 320 g/mol. The molecule has 1 aliphatic rings. The summed E-state index contributed by atoms with van der Waals surface area (Å²) < 4.78 is 5.04. The number of phenols is 1. The first-order chi connectivity index (χ1) is 10.8. The number of hydrogen-bond acceptors (Lipinski definition) is 7. The van der Waals surface area contributed by atoms with E-state index in [0.717, 1.165) is 0 Å². The van der Waals surface area contributed by atoms with Crippen LogP contribution >= 0.6 is 0 Å². The summed E-state index contributed by atoms with van der Waals surface area (Å²) in [5, 5.41) is 36.4. The number of carboxylic acids is 1. The van der Waals surface area contributed by atoms with E-state index in [2.05, 4.69) is 0 Å². The van der Waals surface area contributed by atoms with Gasteiger partial charge < -0.3 is 25.2 Å². The Balaban J connectivity index is 2.28. The van der Waals surface area contributed by atoms with Crippen molar-refractivity contribution in [2.75, 3.05) is 0 Å². The highest BCUT2D eigenvalue weighted by atomic mass is 16.5. The van der Waals surface area contributed by atoms with Crippen LogP contribution in [0.4, 0.5) is 0 Å². The molecule has 8 heteroatoms. The molecule has 0 aliphatic carbocycles. The average Bonchev–Trinajstić information content (AvgIpc) is 2.46. The van der Waals surface area contributed by atoms with Crippen LogP contribution in [0.2, 0.25) is 0 Å². The normalized spacial score (nSPS) is 20.9. The summed E-state index contributed by atoms with van der Waals surface area (Å²) >= 11 is 0. The summed E-state index contributed by atoms with van der Waals surface area (Å²) in [5.74, 6) is -5.82. The van der Waals surface area contributed by atoms with E-state index in [0.29, 0.717) is 11.6 Å². The van der Waals surface area contributed by atoms with Gasteiger partial charge in [-0.1, -0.05) is 12.1 Å². The zero-order valence-corrected chi connectivity index (χ0v) is 11.6. The molecule has 1 heterocycles. The summed E-state index contributed by atoms with van der Waals surface area (Å²) in [7, 11) is 0. The number of hydrogen-bond donors (Lipinski definition) is 4. The van der Waals surface area contributed by atoms with Crippen molar-refractivity contribution in [3.8, 4) is 5.75 Å². The number of carboxylic acid groups (broad SMARTS) is 1. The maximum Gasteiger partial charge on any atom is 0.371 e. The van der Waals surface area contributed by atoms with Gasteiger partial charge in [-0.15, -0.1) is 0 Å². The smallest absolute Gasteiger partial charge is 0.371 e. The number of ether oxygens (including phenoxy) is 1. The predicted molar refractivity (Wildman–Crippen MR) is 74.6 cm³/mol. The molecule has 1 saturated heterocycles. The van der Waals surface area contributed by atoms with E-state index in [1.165, 1.54) is 24.3 Å². The van der Waals surface area contributed by atoms with Gasteiger partial charge in [0.15, 0.2) is 5.78 Å². The zero-order chi connectivity index (χ0) is 17.1. The standard InChI is InChI=1S/C15H12O8/c16-8-3-1-7(2-4-8)12-6-10(18)13(15(22)23-12)9(17)5-11(19)14(20)21/h1-5,12,16-17,19H,6H2,(H,20,21)/b11-5+,13-9+. The van der Waals surface area contributed by atoms with Gasteiger partial charge in [0.2, 0.25) is 5.76 Å². The Morgan fingerprint density at radius 2 is 1.74 bits per heavy atom. The van der Waals surface area contributed by atoms with Gasteiger partial charge in [0.1, 0.15) is 23.2 Å². The third-order valence-electron chi connectivity index (χ3n) is 3.12. The van der Waals surface area contributed by atoms with Crippen LogP contribution in [0.25, 0.3) is 0 Å². The second-order valence-electron chi connectivity index (χ2n) is 4.71. The summed E-state index contributed by atoms with van der Waals surface area (Å²) in [5.41, 5.74) is -0.250. The number of aliphatic hydroxyl groups is 2. The van der Waals surface area contributed by atoms with Crippen LogP contribution in [0.15, 0.2) is 47.4 Å². The van der Waals surface area contributed by atoms with Crippen molar-refractivity contribution in [3.05, 3.63) is 53.0 Å². The van der Waals surface area contributed by atoms with Gasteiger partial charge in [-0.3, -0.25) is 4.79 Å². The first-order valence-electron chi connectivity index (χ1n) is 6.40. The number of Topliss-reactive ketones (excluding diaryl/α,β-unsaturated/α-hetero) is 1. The molecule has 8 nitrogen and oxygen atoms in total. The van der Waals surface area contributed by atoms with Gasteiger partial charge in [-0.25, -0.2) is 9.59 Å². The van der Waals surface area contributed by atoms with Gasteiger partial charge in [-0.2, -0.15) is 0 Å². The Morgan fingerprint density at radius 1 is 1.13 bits per heavy atom. The molecule has 1 unspecified atom stereocenters. The number of aliphatic hydroxyl groups excluding tert-OH is 2. The van der Waals surface area contributed by atoms with Gasteiger partial charge >= 0.3 is 11.9 Å². The number of benzene rings is 1. The molecule has 120 valence electrons. The van der Waals surface area contributed by atoms with E-state index in [9.17, 15) is 24.6 Å². The number of aliphatic carboxylic acids is 1. The number of phenolic OH excluding ortho intramolecular Hbond substituents is 1. The molecule has 1 aliphatic heterocycles. The van der Waals surface area contributed by atoms with Crippen LogP contribution in [0.1, 0.15) is 18.1 Å². The molecule has 0 amide bonds. The summed E-state index contributed by atoms with van der Waals surface area (Å²) in [6.45, 7) is 0. The highest BCUT2D eigenvalue weighted by molar-refractivity contribution is 6.19. The summed E-state index contributed by atoms with van der Waals surface area (Å²) in [6, 6.07) is 5.69. The Hall–Kier alpha value is -3.29. The topological polar surface area (TPSA) is 141 Å². The molecule has 0 spiro atoms. The second kappa shape index (κ2) is 6.22. The molecule has 2 rings (SSSR count). The zero-order valence-electron chi connectivity index (χ0n) is 11.6. The van der Waals surface area contributed by atoms with E-state index >= 15 is 0 Å². The van der Waals surface area contributed by atoms with Crippen molar-refractivity contribution < 1.29 is 39.5 Å². The fourth-order valence-corrected chi connectivity index (χ4v) is 2.00. The van der Waals surface area contributed by atoms with Crippen LogP contribution in [-0.4, -0.2) is 38.1 Å². The molecular formula is C15H12O8. The van der Waals surface area contributed by atoms with Crippen molar-refractivity contribution in [1.82, 2.24) is 0 Å².